The molecule has 0 spiro atoms. The minimum Gasteiger partial charge on any atom is -0.364 e. The third kappa shape index (κ3) is 3.72. The highest BCUT2D eigenvalue weighted by Crippen LogP contribution is 2.38. The Bertz CT molecular complexity index is 756. The fraction of sp³-hybridized carbons (Fsp3) is 0.529. The van der Waals surface area contributed by atoms with Gasteiger partial charge in [0.15, 0.2) is 0 Å². The van der Waals surface area contributed by atoms with Crippen LogP contribution in [0.1, 0.15) is 47.8 Å². The lowest BCUT2D eigenvalue weighted by Gasteiger charge is -2.29. The number of amides is 1. The lowest BCUT2D eigenvalue weighted by Crippen LogP contribution is -2.33. The van der Waals surface area contributed by atoms with E-state index in [9.17, 15) is 13.6 Å². The molecule has 9 heteroatoms. The molecule has 0 aromatic carbocycles. The van der Waals surface area contributed by atoms with Crippen molar-refractivity contribution < 1.29 is 18.3 Å². The Labute approximate surface area is 150 Å². The molecule has 1 amide bonds. The van der Waals surface area contributed by atoms with E-state index < -0.39 is 5.92 Å². The first-order valence-corrected chi connectivity index (χ1v) is 8.42. The third-order valence-corrected chi connectivity index (χ3v) is 4.69. The van der Waals surface area contributed by atoms with E-state index in [2.05, 4.69) is 15.3 Å². The van der Waals surface area contributed by atoms with Crippen LogP contribution in [-0.4, -0.2) is 45.6 Å². The largest absolute Gasteiger partial charge is 0.364 e. The fourth-order valence-electron chi connectivity index (χ4n) is 3.24. The second-order valence-corrected chi connectivity index (χ2v) is 6.43. The van der Waals surface area contributed by atoms with Crippen LogP contribution in [-0.2, 0) is 4.74 Å². The maximum Gasteiger partial charge on any atom is 0.263 e. The molecule has 2 aromatic rings. The van der Waals surface area contributed by atoms with Gasteiger partial charge in [-0.05, 0) is 25.8 Å². The minimum atomic E-state index is -2.60. The summed E-state index contributed by atoms with van der Waals surface area (Å²) >= 11 is 0. The molecule has 1 aliphatic carbocycles. The number of ether oxygens (including phenoxy) is 1. The summed E-state index contributed by atoms with van der Waals surface area (Å²) in [5.41, 5.74) is 1.63. The number of carbonyl (C=O) groups is 1. The Morgan fingerprint density at radius 3 is 2.69 bits per heavy atom. The number of rotatable bonds is 5. The fourth-order valence-corrected chi connectivity index (χ4v) is 3.24. The van der Waals surface area contributed by atoms with Gasteiger partial charge in [0.25, 0.3) is 5.91 Å². The first-order chi connectivity index (χ1) is 12.4. The minimum absolute atomic E-state index is 0.0464. The van der Waals surface area contributed by atoms with Crippen molar-refractivity contribution in [3.8, 4) is 0 Å². The van der Waals surface area contributed by atoms with Crippen molar-refractivity contribution in [1.82, 2.24) is 20.0 Å². The number of anilines is 1. The molecule has 0 bridgehead atoms. The molecule has 0 atom stereocenters. The van der Waals surface area contributed by atoms with Crippen LogP contribution < -0.4 is 4.90 Å². The third-order valence-electron chi connectivity index (χ3n) is 4.69. The lowest BCUT2D eigenvalue weighted by molar-refractivity contribution is -0.0451. The highest BCUT2D eigenvalue weighted by molar-refractivity contribution is 6.06. The normalized spacial score (nSPS) is 17.2. The molecular weight excluding hydrogens is 344 g/mol. The number of methoxy groups -OCH3 is 1. The highest BCUT2D eigenvalue weighted by atomic mass is 19.3. The van der Waals surface area contributed by atoms with E-state index in [1.54, 1.807) is 17.7 Å². The molecule has 7 nitrogen and oxygen atoms in total. The molecule has 2 heterocycles. The molecule has 2 aromatic heterocycles. The maximum atomic E-state index is 13.4. The van der Waals surface area contributed by atoms with Crippen molar-refractivity contribution in [2.24, 2.45) is 0 Å². The van der Waals surface area contributed by atoms with E-state index in [4.69, 9.17) is 4.74 Å². The van der Waals surface area contributed by atoms with Gasteiger partial charge in [-0.1, -0.05) is 0 Å². The van der Waals surface area contributed by atoms with Crippen LogP contribution in [0.2, 0.25) is 0 Å². The number of nitrogens with zero attached hydrogens (tertiary/aromatic N) is 5. The van der Waals surface area contributed by atoms with E-state index in [-0.39, 0.29) is 31.5 Å². The molecule has 0 radical (unpaired) electrons. The second-order valence-electron chi connectivity index (χ2n) is 6.43. The van der Waals surface area contributed by atoms with Crippen molar-refractivity contribution in [2.45, 2.75) is 44.6 Å². The van der Waals surface area contributed by atoms with E-state index in [0.29, 0.717) is 29.8 Å². The summed E-state index contributed by atoms with van der Waals surface area (Å²) in [6.45, 7) is 1.83. The van der Waals surface area contributed by atoms with Gasteiger partial charge in [-0.15, -0.1) is 0 Å². The predicted molar refractivity (Wildman–Crippen MR) is 90.1 cm³/mol. The summed E-state index contributed by atoms with van der Waals surface area (Å²) in [4.78, 5) is 14.4. The van der Waals surface area contributed by atoms with Crippen LogP contribution in [0.4, 0.5) is 14.5 Å². The summed E-state index contributed by atoms with van der Waals surface area (Å²) in [7, 11) is 1.49. The van der Waals surface area contributed by atoms with Gasteiger partial charge in [-0.3, -0.25) is 14.4 Å². The summed E-state index contributed by atoms with van der Waals surface area (Å²) in [5, 5.41) is 11.8. The van der Waals surface area contributed by atoms with Crippen LogP contribution in [0.15, 0.2) is 24.7 Å². The zero-order valence-electron chi connectivity index (χ0n) is 14.7. The number of halogens is 2. The Hall–Kier alpha value is -2.42. The maximum absolute atomic E-state index is 13.4. The number of carbonyl (C=O) groups excluding carboxylic acids is 1. The predicted octanol–water partition coefficient (Wildman–Crippen LogP) is 2.98. The molecule has 0 aliphatic heterocycles. The molecule has 1 saturated carbocycles. The Morgan fingerprint density at radius 2 is 2.08 bits per heavy atom. The van der Waals surface area contributed by atoms with Gasteiger partial charge in [-0.25, -0.2) is 8.78 Å². The molecule has 26 heavy (non-hydrogen) atoms. The molecule has 1 aliphatic rings. The average Bonchev–Trinajstić information content (AvgIpc) is 3.01. The van der Waals surface area contributed by atoms with Gasteiger partial charge in [-0.2, -0.15) is 15.3 Å². The van der Waals surface area contributed by atoms with E-state index in [1.165, 1.54) is 30.6 Å². The second kappa shape index (κ2) is 7.45. The molecule has 0 N–H and O–H groups in total. The van der Waals surface area contributed by atoms with Crippen LogP contribution in [0.25, 0.3) is 0 Å². The van der Waals surface area contributed by atoms with Crippen molar-refractivity contribution in [3.05, 3.63) is 35.9 Å². The van der Waals surface area contributed by atoms with E-state index in [0.717, 1.165) is 0 Å². The quantitative estimate of drug-likeness (QED) is 0.762. The van der Waals surface area contributed by atoms with Crippen molar-refractivity contribution >= 4 is 11.6 Å². The number of hydrogen-bond donors (Lipinski definition) is 0. The van der Waals surface area contributed by atoms with Gasteiger partial charge in [0, 0.05) is 25.6 Å². The SMILES string of the molecule is COCN(C(=O)c1cnn(C2CCC(F)(F)CC2)c1C)c1ccnnc1. The van der Waals surface area contributed by atoms with Gasteiger partial charge in [0.2, 0.25) is 5.92 Å². The van der Waals surface area contributed by atoms with Crippen LogP contribution in [0.3, 0.4) is 0 Å². The van der Waals surface area contributed by atoms with Crippen LogP contribution >= 0.6 is 0 Å². The monoisotopic (exact) mass is 365 g/mol. The van der Waals surface area contributed by atoms with Crippen LogP contribution in [0, 0.1) is 6.92 Å². The topological polar surface area (TPSA) is 73.1 Å². The van der Waals surface area contributed by atoms with Gasteiger partial charge >= 0.3 is 0 Å². The van der Waals surface area contributed by atoms with E-state index >= 15 is 0 Å². The zero-order chi connectivity index (χ0) is 18.7. The Morgan fingerprint density at radius 1 is 1.35 bits per heavy atom. The number of hydrogen-bond acceptors (Lipinski definition) is 5. The van der Waals surface area contributed by atoms with Crippen molar-refractivity contribution in [1.29, 1.82) is 0 Å². The van der Waals surface area contributed by atoms with Gasteiger partial charge in [0.1, 0.15) is 6.73 Å². The van der Waals surface area contributed by atoms with Crippen molar-refractivity contribution in [2.75, 3.05) is 18.7 Å². The molecular formula is C17H21F2N5O2. The van der Waals surface area contributed by atoms with Gasteiger partial charge in [0.05, 0.1) is 35.9 Å². The average molecular weight is 365 g/mol. The summed E-state index contributed by atoms with van der Waals surface area (Å²) in [6.07, 6.45) is 4.83. The standard InChI is InChI=1S/C17H21F2N5O2/c1-12-15(10-22-24(12)13-3-6-17(18,19)7-4-13)16(25)23(11-26-2)14-5-8-20-21-9-14/h5,8-10,13H,3-4,6-7,11H2,1-2H3. The van der Waals surface area contributed by atoms with Gasteiger partial charge < -0.3 is 4.74 Å². The smallest absolute Gasteiger partial charge is 0.263 e. The first-order valence-electron chi connectivity index (χ1n) is 8.42. The number of alkyl halides is 2. The first kappa shape index (κ1) is 18.4. The molecule has 3 rings (SSSR count). The Balaban J connectivity index is 1.83. The van der Waals surface area contributed by atoms with E-state index in [1.807, 2.05) is 0 Å². The summed E-state index contributed by atoms with van der Waals surface area (Å²) in [6, 6.07) is 1.54. The molecule has 0 saturated heterocycles. The lowest BCUT2D eigenvalue weighted by atomic mass is 9.92. The molecule has 0 unspecified atom stereocenters. The molecule has 1 fully saturated rings. The van der Waals surface area contributed by atoms with Crippen molar-refractivity contribution in [3.63, 3.8) is 0 Å². The summed E-state index contributed by atoms with van der Waals surface area (Å²) in [5.74, 6) is -2.88. The summed E-state index contributed by atoms with van der Waals surface area (Å²) < 4.78 is 33.6. The molecule has 140 valence electrons. The Kier molecular flexibility index (Phi) is 5.26. The highest BCUT2D eigenvalue weighted by Gasteiger charge is 2.36. The zero-order valence-corrected chi connectivity index (χ0v) is 14.7. The van der Waals surface area contributed by atoms with Crippen LogP contribution in [0.5, 0.6) is 0 Å². The number of aromatic nitrogens is 4.